The normalized spacial score (nSPS) is 10.6. The molecule has 156 valence electrons. The third-order valence-corrected chi connectivity index (χ3v) is 4.71. The lowest BCUT2D eigenvalue weighted by Crippen LogP contribution is -2.22. The Hall–Kier alpha value is -3.48. The van der Waals surface area contributed by atoms with Gasteiger partial charge in [-0.05, 0) is 48.2 Å². The molecule has 0 saturated carbocycles. The number of H-pyrrole nitrogens is 1. The maximum atomic E-state index is 13.1. The molecule has 1 aromatic heterocycles. The summed E-state index contributed by atoms with van der Waals surface area (Å²) in [5.74, 6) is 0.147. The molecule has 0 bridgehead atoms. The fourth-order valence-corrected chi connectivity index (χ4v) is 2.97. The van der Waals surface area contributed by atoms with Crippen LogP contribution in [0.25, 0.3) is 22.6 Å². The first-order valence-corrected chi connectivity index (χ1v) is 9.79. The monoisotopic (exact) mass is 409 g/mol. The first kappa shape index (κ1) is 21.2. The fraction of sp³-hybridized carbons (Fsp3) is 0.261. The number of ether oxygens (including phenoxy) is 1. The highest BCUT2D eigenvalue weighted by molar-refractivity contribution is 5.76. The van der Waals surface area contributed by atoms with E-state index in [1.807, 2.05) is 24.3 Å². The molecule has 0 unspecified atom stereocenters. The summed E-state index contributed by atoms with van der Waals surface area (Å²) < 4.78 is 17.6. The number of carbonyl (C=O) groups excluding carboxylic acids is 2. The number of imidazole rings is 1. The lowest BCUT2D eigenvalue weighted by atomic mass is 10.1. The van der Waals surface area contributed by atoms with Gasteiger partial charge in [0.1, 0.15) is 11.6 Å². The molecule has 3 rings (SSSR count). The molecular weight excluding hydrogens is 385 g/mol. The molecule has 2 aromatic carbocycles. The minimum absolute atomic E-state index is 0.0427. The van der Waals surface area contributed by atoms with E-state index in [0.29, 0.717) is 32.2 Å². The van der Waals surface area contributed by atoms with Gasteiger partial charge < -0.3 is 15.0 Å². The van der Waals surface area contributed by atoms with Gasteiger partial charge in [-0.15, -0.1) is 0 Å². The van der Waals surface area contributed by atoms with Gasteiger partial charge in [0, 0.05) is 24.9 Å². The molecule has 0 fully saturated rings. The number of aromatic amines is 1. The molecule has 0 aliphatic carbocycles. The molecule has 0 radical (unpaired) electrons. The number of methoxy groups -OCH3 is 1. The standard InChI is InChI=1S/C23H24FN3O3/c1-30-22(29)5-3-2-4-21(28)25-14-16-6-8-18(9-7-16)23-26-15-20(27-23)17-10-12-19(24)13-11-17/h6-13,15H,2-5,14H2,1H3,(H,25,28)(H,26,27). The predicted molar refractivity (Wildman–Crippen MR) is 112 cm³/mol. The van der Waals surface area contributed by atoms with Crippen LogP contribution in [0.2, 0.25) is 0 Å². The molecule has 1 heterocycles. The molecule has 3 aromatic rings. The molecule has 0 atom stereocenters. The molecule has 0 spiro atoms. The maximum Gasteiger partial charge on any atom is 0.305 e. The highest BCUT2D eigenvalue weighted by Crippen LogP contribution is 2.22. The summed E-state index contributed by atoms with van der Waals surface area (Å²) in [4.78, 5) is 30.6. The molecule has 6 nitrogen and oxygen atoms in total. The molecular formula is C23H24FN3O3. The number of esters is 1. The minimum Gasteiger partial charge on any atom is -0.469 e. The SMILES string of the molecule is COC(=O)CCCCC(=O)NCc1ccc(-c2ncc(-c3ccc(F)cc3)[nH]2)cc1. The van der Waals surface area contributed by atoms with Gasteiger partial charge in [0.2, 0.25) is 5.91 Å². The quantitative estimate of drug-likeness (QED) is 0.409. The van der Waals surface area contributed by atoms with Gasteiger partial charge in [0.05, 0.1) is 19.0 Å². The third-order valence-electron chi connectivity index (χ3n) is 4.71. The van der Waals surface area contributed by atoms with E-state index in [9.17, 15) is 14.0 Å². The third kappa shape index (κ3) is 6.01. The summed E-state index contributed by atoms with van der Waals surface area (Å²) in [6.45, 7) is 0.440. The van der Waals surface area contributed by atoms with E-state index in [1.165, 1.54) is 19.2 Å². The Balaban J connectivity index is 1.49. The van der Waals surface area contributed by atoms with Crippen LogP contribution in [0.15, 0.2) is 54.7 Å². The van der Waals surface area contributed by atoms with Crippen molar-refractivity contribution in [1.29, 1.82) is 0 Å². The number of unbranched alkanes of at least 4 members (excludes halogenated alkanes) is 1. The number of rotatable bonds is 9. The van der Waals surface area contributed by atoms with Crippen molar-refractivity contribution in [2.24, 2.45) is 0 Å². The van der Waals surface area contributed by atoms with Crippen molar-refractivity contribution in [3.05, 3.63) is 66.1 Å². The first-order valence-electron chi connectivity index (χ1n) is 9.79. The Kier molecular flexibility index (Phi) is 7.32. The average molecular weight is 409 g/mol. The van der Waals surface area contributed by atoms with Crippen molar-refractivity contribution < 1.29 is 18.7 Å². The van der Waals surface area contributed by atoms with Crippen molar-refractivity contribution in [3.63, 3.8) is 0 Å². The number of carbonyl (C=O) groups is 2. The van der Waals surface area contributed by atoms with Crippen LogP contribution in [0.5, 0.6) is 0 Å². The number of benzene rings is 2. The molecule has 1 amide bonds. The zero-order valence-corrected chi connectivity index (χ0v) is 16.8. The van der Waals surface area contributed by atoms with Gasteiger partial charge >= 0.3 is 5.97 Å². The number of nitrogens with zero attached hydrogens (tertiary/aromatic N) is 1. The molecule has 0 aliphatic rings. The van der Waals surface area contributed by atoms with E-state index in [2.05, 4.69) is 20.0 Å². The number of hydrogen-bond donors (Lipinski definition) is 2. The van der Waals surface area contributed by atoms with Crippen LogP contribution in [0.4, 0.5) is 4.39 Å². The van der Waals surface area contributed by atoms with Gasteiger partial charge in [0.25, 0.3) is 0 Å². The molecule has 0 aliphatic heterocycles. The molecule has 7 heteroatoms. The zero-order valence-electron chi connectivity index (χ0n) is 16.8. The molecule has 0 saturated heterocycles. The maximum absolute atomic E-state index is 13.1. The first-order chi connectivity index (χ1) is 14.5. The second-order valence-electron chi connectivity index (χ2n) is 6.91. The van der Waals surface area contributed by atoms with E-state index in [-0.39, 0.29) is 17.7 Å². The second kappa shape index (κ2) is 10.3. The van der Waals surface area contributed by atoms with Crippen molar-refractivity contribution >= 4 is 11.9 Å². The zero-order chi connectivity index (χ0) is 21.3. The highest BCUT2D eigenvalue weighted by Gasteiger charge is 2.07. The minimum atomic E-state index is -0.276. The Morgan fingerprint density at radius 3 is 2.37 bits per heavy atom. The molecule has 2 N–H and O–H groups in total. The van der Waals surface area contributed by atoms with E-state index in [4.69, 9.17) is 0 Å². The van der Waals surface area contributed by atoms with Gasteiger partial charge in [-0.2, -0.15) is 0 Å². The number of halogens is 1. The summed E-state index contributed by atoms with van der Waals surface area (Å²) >= 11 is 0. The Bertz CT molecular complexity index is 982. The Labute approximate surface area is 174 Å². The smallest absolute Gasteiger partial charge is 0.305 e. The van der Waals surface area contributed by atoms with E-state index in [1.54, 1.807) is 18.3 Å². The van der Waals surface area contributed by atoms with Crippen molar-refractivity contribution in [1.82, 2.24) is 15.3 Å². The summed E-state index contributed by atoms with van der Waals surface area (Å²) in [5.41, 5.74) is 3.57. The van der Waals surface area contributed by atoms with Gasteiger partial charge in [-0.1, -0.05) is 24.3 Å². The van der Waals surface area contributed by atoms with E-state index >= 15 is 0 Å². The van der Waals surface area contributed by atoms with Crippen LogP contribution in [0, 0.1) is 5.82 Å². The van der Waals surface area contributed by atoms with Gasteiger partial charge in [-0.25, -0.2) is 9.37 Å². The van der Waals surface area contributed by atoms with Crippen molar-refractivity contribution in [3.8, 4) is 22.6 Å². The van der Waals surface area contributed by atoms with Crippen LogP contribution in [0.3, 0.4) is 0 Å². The summed E-state index contributed by atoms with van der Waals surface area (Å²) in [6.07, 6.45) is 3.72. The van der Waals surface area contributed by atoms with Crippen LogP contribution >= 0.6 is 0 Å². The van der Waals surface area contributed by atoms with E-state index in [0.717, 1.165) is 28.2 Å². The topological polar surface area (TPSA) is 84.1 Å². The van der Waals surface area contributed by atoms with Crippen LogP contribution in [0.1, 0.15) is 31.2 Å². The van der Waals surface area contributed by atoms with Crippen LogP contribution < -0.4 is 5.32 Å². The highest BCUT2D eigenvalue weighted by atomic mass is 19.1. The number of hydrogen-bond acceptors (Lipinski definition) is 4. The van der Waals surface area contributed by atoms with Crippen LogP contribution in [-0.2, 0) is 20.9 Å². The Morgan fingerprint density at radius 2 is 1.67 bits per heavy atom. The molecule has 30 heavy (non-hydrogen) atoms. The number of aromatic nitrogens is 2. The Morgan fingerprint density at radius 1 is 1.00 bits per heavy atom. The predicted octanol–water partition coefficient (Wildman–Crippen LogP) is 4.23. The van der Waals surface area contributed by atoms with Crippen molar-refractivity contribution in [2.75, 3.05) is 7.11 Å². The van der Waals surface area contributed by atoms with Crippen LogP contribution in [-0.4, -0.2) is 29.0 Å². The second-order valence-corrected chi connectivity index (χ2v) is 6.91. The van der Waals surface area contributed by atoms with Gasteiger partial charge in [-0.3, -0.25) is 9.59 Å². The lowest BCUT2D eigenvalue weighted by molar-refractivity contribution is -0.140. The number of nitrogens with one attached hydrogen (secondary N) is 2. The largest absolute Gasteiger partial charge is 0.469 e. The lowest BCUT2D eigenvalue weighted by Gasteiger charge is -2.06. The summed E-state index contributed by atoms with van der Waals surface area (Å²) in [6, 6.07) is 14.0. The average Bonchev–Trinajstić information content (AvgIpc) is 3.26. The van der Waals surface area contributed by atoms with E-state index < -0.39 is 0 Å². The fourth-order valence-electron chi connectivity index (χ4n) is 2.97. The summed E-state index contributed by atoms with van der Waals surface area (Å²) in [7, 11) is 1.36. The summed E-state index contributed by atoms with van der Waals surface area (Å²) in [5, 5.41) is 2.88. The number of amides is 1. The van der Waals surface area contributed by atoms with Crippen molar-refractivity contribution in [2.45, 2.75) is 32.2 Å². The van der Waals surface area contributed by atoms with Gasteiger partial charge in [0.15, 0.2) is 0 Å².